The van der Waals surface area contributed by atoms with E-state index >= 15 is 0 Å². The molecule has 0 aromatic heterocycles. The molecular formula is C34H45N3O4S. The minimum absolute atomic E-state index is 0.109. The Morgan fingerprint density at radius 1 is 0.881 bits per heavy atom. The van der Waals surface area contributed by atoms with Crippen LogP contribution in [0.15, 0.2) is 78.9 Å². The molecule has 0 aliphatic carbocycles. The molecule has 0 aliphatic heterocycles. The number of anilines is 1. The number of nitrogens with zero attached hydrogens (tertiary/aromatic N) is 2. The summed E-state index contributed by atoms with van der Waals surface area (Å²) in [6, 6.07) is 23.7. The average molecular weight is 592 g/mol. The van der Waals surface area contributed by atoms with Crippen molar-refractivity contribution < 1.29 is 18.0 Å². The normalized spacial score (nSPS) is 12.6. The van der Waals surface area contributed by atoms with Crippen LogP contribution in [0.3, 0.4) is 0 Å². The summed E-state index contributed by atoms with van der Waals surface area (Å²) in [7, 11) is -3.82. The smallest absolute Gasteiger partial charge is 0.244 e. The van der Waals surface area contributed by atoms with Crippen molar-refractivity contribution in [1.82, 2.24) is 10.2 Å². The number of rotatable bonds is 12. The zero-order chi connectivity index (χ0) is 31.1. The second-order valence-electron chi connectivity index (χ2n) is 12.4. The van der Waals surface area contributed by atoms with Crippen LogP contribution in [0.5, 0.6) is 0 Å². The Balaban J connectivity index is 2.05. The number of benzene rings is 3. The highest BCUT2D eigenvalue weighted by Gasteiger charge is 2.33. The first-order chi connectivity index (χ1) is 19.7. The predicted octanol–water partition coefficient (Wildman–Crippen LogP) is 5.47. The standard InChI is InChI=1S/C34H45N3O4S/c1-25(2)22-35-33(39)31(21-27-14-9-8-10-15-27)36(23-28-16-12-11-13-26(28)3)32(38)24-37(42(7,40)41)30-19-17-29(18-20-30)34(4,5)6/h8-20,25,31H,21-24H2,1-7H3,(H,35,39)/t31-/m0/s1. The molecule has 3 aromatic carbocycles. The average Bonchev–Trinajstić information content (AvgIpc) is 2.92. The molecule has 0 saturated heterocycles. The van der Waals surface area contributed by atoms with Gasteiger partial charge in [-0.3, -0.25) is 13.9 Å². The van der Waals surface area contributed by atoms with Crippen molar-refractivity contribution in [3.63, 3.8) is 0 Å². The second-order valence-corrected chi connectivity index (χ2v) is 14.3. The van der Waals surface area contributed by atoms with Crippen LogP contribution in [-0.4, -0.2) is 50.5 Å². The van der Waals surface area contributed by atoms with Gasteiger partial charge in [0.25, 0.3) is 0 Å². The highest BCUT2D eigenvalue weighted by atomic mass is 32.2. The first kappa shape index (κ1) is 32.9. The molecule has 0 saturated carbocycles. The first-order valence-electron chi connectivity index (χ1n) is 14.4. The molecule has 2 amide bonds. The van der Waals surface area contributed by atoms with Gasteiger partial charge >= 0.3 is 0 Å². The van der Waals surface area contributed by atoms with Crippen molar-refractivity contribution in [3.05, 3.63) is 101 Å². The summed E-state index contributed by atoms with van der Waals surface area (Å²) in [5.41, 5.74) is 4.12. The zero-order valence-corrected chi connectivity index (χ0v) is 26.7. The van der Waals surface area contributed by atoms with Gasteiger partial charge in [-0.05, 0) is 52.6 Å². The molecule has 7 nitrogen and oxygen atoms in total. The van der Waals surface area contributed by atoms with E-state index in [0.29, 0.717) is 18.7 Å². The van der Waals surface area contributed by atoms with E-state index in [0.717, 1.165) is 32.8 Å². The van der Waals surface area contributed by atoms with E-state index in [-0.39, 0.29) is 23.8 Å². The first-order valence-corrected chi connectivity index (χ1v) is 16.3. The van der Waals surface area contributed by atoms with Crippen LogP contribution < -0.4 is 9.62 Å². The minimum atomic E-state index is -3.82. The Morgan fingerprint density at radius 3 is 2.02 bits per heavy atom. The number of carbonyl (C=O) groups is 2. The van der Waals surface area contributed by atoms with E-state index in [1.807, 2.05) is 87.5 Å². The molecule has 8 heteroatoms. The molecule has 42 heavy (non-hydrogen) atoms. The van der Waals surface area contributed by atoms with Gasteiger partial charge in [-0.15, -0.1) is 0 Å². The lowest BCUT2D eigenvalue weighted by atomic mass is 9.87. The quantitative estimate of drug-likeness (QED) is 0.303. The van der Waals surface area contributed by atoms with Crippen molar-refractivity contribution in [3.8, 4) is 0 Å². The Hall–Kier alpha value is -3.65. The highest BCUT2D eigenvalue weighted by molar-refractivity contribution is 7.92. The molecule has 0 unspecified atom stereocenters. The molecule has 0 spiro atoms. The molecule has 3 aromatic rings. The Labute approximate surface area is 252 Å². The molecule has 3 rings (SSSR count). The molecule has 1 atom stereocenters. The van der Waals surface area contributed by atoms with Crippen LogP contribution in [0.25, 0.3) is 0 Å². The summed E-state index contributed by atoms with van der Waals surface area (Å²) in [6.45, 7) is 12.4. The largest absolute Gasteiger partial charge is 0.354 e. The molecular weight excluding hydrogens is 546 g/mol. The van der Waals surface area contributed by atoms with Crippen LogP contribution in [0.1, 0.15) is 56.9 Å². The topological polar surface area (TPSA) is 86.8 Å². The summed E-state index contributed by atoms with van der Waals surface area (Å²) in [4.78, 5) is 29.5. The molecule has 0 aliphatic rings. The number of hydrogen-bond acceptors (Lipinski definition) is 4. The maximum Gasteiger partial charge on any atom is 0.244 e. The molecule has 0 heterocycles. The van der Waals surface area contributed by atoms with E-state index < -0.39 is 28.5 Å². The number of nitrogens with one attached hydrogen (secondary N) is 1. The van der Waals surface area contributed by atoms with Crippen molar-refractivity contribution in [2.45, 2.75) is 66.0 Å². The molecule has 226 valence electrons. The van der Waals surface area contributed by atoms with Gasteiger partial charge in [0.15, 0.2) is 0 Å². The van der Waals surface area contributed by atoms with Gasteiger partial charge in [-0.25, -0.2) is 8.42 Å². The summed E-state index contributed by atoms with van der Waals surface area (Å²) < 4.78 is 27.2. The van der Waals surface area contributed by atoms with Crippen LogP contribution in [0.4, 0.5) is 5.69 Å². The maximum atomic E-state index is 14.2. The van der Waals surface area contributed by atoms with E-state index in [1.54, 1.807) is 12.1 Å². The Kier molecular flexibility index (Phi) is 11.0. The lowest BCUT2D eigenvalue weighted by Gasteiger charge is -2.34. The summed E-state index contributed by atoms with van der Waals surface area (Å²) in [6.07, 6.45) is 1.39. The van der Waals surface area contributed by atoms with Gasteiger partial charge < -0.3 is 10.2 Å². The SMILES string of the molecule is Cc1ccccc1CN(C(=O)CN(c1ccc(C(C)(C)C)cc1)S(C)(=O)=O)[C@@H](Cc1ccccc1)C(=O)NCC(C)C. The maximum absolute atomic E-state index is 14.2. The number of carbonyl (C=O) groups excluding carboxylic acids is 2. The van der Waals surface area contributed by atoms with Crippen LogP contribution in [0, 0.1) is 12.8 Å². The fraction of sp³-hybridized carbons (Fsp3) is 0.412. The zero-order valence-electron chi connectivity index (χ0n) is 25.9. The van der Waals surface area contributed by atoms with Gasteiger partial charge in [0, 0.05) is 19.5 Å². The van der Waals surface area contributed by atoms with Crippen LogP contribution in [-0.2, 0) is 38.0 Å². The third-order valence-electron chi connectivity index (χ3n) is 7.26. The lowest BCUT2D eigenvalue weighted by Crippen LogP contribution is -2.53. The van der Waals surface area contributed by atoms with Gasteiger partial charge in [0.1, 0.15) is 12.6 Å². The van der Waals surface area contributed by atoms with Gasteiger partial charge in [0.05, 0.1) is 11.9 Å². The van der Waals surface area contributed by atoms with E-state index in [1.165, 1.54) is 4.90 Å². The fourth-order valence-corrected chi connectivity index (χ4v) is 5.54. The molecule has 0 bridgehead atoms. The fourth-order valence-electron chi connectivity index (χ4n) is 4.69. The van der Waals surface area contributed by atoms with Crippen molar-refractivity contribution in [2.75, 3.05) is 23.7 Å². The van der Waals surface area contributed by atoms with Gasteiger partial charge in [0.2, 0.25) is 21.8 Å². The molecule has 0 radical (unpaired) electrons. The molecule has 0 fully saturated rings. The van der Waals surface area contributed by atoms with Crippen molar-refractivity contribution in [1.29, 1.82) is 0 Å². The third-order valence-corrected chi connectivity index (χ3v) is 8.40. The lowest BCUT2D eigenvalue weighted by molar-refractivity contribution is -0.140. The van der Waals surface area contributed by atoms with Gasteiger partial charge in [-0.1, -0.05) is 101 Å². The second kappa shape index (κ2) is 14.0. The van der Waals surface area contributed by atoms with Crippen LogP contribution in [0.2, 0.25) is 0 Å². The van der Waals surface area contributed by atoms with E-state index in [9.17, 15) is 18.0 Å². The summed E-state index contributed by atoms with van der Waals surface area (Å²) >= 11 is 0. The number of aryl methyl sites for hydroxylation is 1. The Morgan fingerprint density at radius 2 is 1.48 bits per heavy atom. The summed E-state index contributed by atoms with van der Waals surface area (Å²) in [5.74, 6) is -0.497. The minimum Gasteiger partial charge on any atom is -0.354 e. The predicted molar refractivity (Wildman–Crippen MR) is 171 cm³/mol. The number of sulfonamides is 1. The van der Waals surface area contributed by atoms with Crippen LogP contribution >= 0.6 is 0 Å². The van der Waals surface area contributed by atoms with Crippen molar-refractivity contribution >= 4 is 27.5 Å². The Bertz CT molecular complexity index is 1450. The number of amides is 2. The van der Waals surface area contributed by atoms with E-state index in [2.05, 4.69) is 26.1 Å². The third kappa shape index (κ3) is 9.18. The highest BCUT2D eigenvalue weighted by Crippen LogP contribution is 2.26. The monoisotopic (exact) mass is 591 g/mol. The van der Waals surface area contributed by atoms with E-state index in [4.69, 9.17) is 0 Å². The van der Waals surface area contributed by atoms with Crippen molar-refractivity contribution in [2.24, 2.45) is 5.92 Å². The number of hydrogen-bond donors (Lipinski definition) is 1. The molecule has 1 N–H and O–H groups in total. The van der Waals surface area contributed by atoms with Gasteiger partial charge in [-0.2, -0.15) is 0 Å². The summed E-state index contributed by atoms with van der Waals surface area (Å²) in [5, 5.41) is 3.01.